The first-order valence-electron chi connectivity index (χ1n) is 5.32. The van der Waals surface area contributed by atoms with Gasteiger partial charge in [0.05, 0.1) is 18.4 Å². The van der Waals surface area contributed by atoms with Crippen molar-refractivity contribution in [2.75, 3.05) is 0 Å². The van der Waals surface area contributed by atoms with Crippen molar-refractivity contribution < 1.29 is 0 Å². The maximum Gasteiger partial charge on any atom is 0.128 e. The van der Waals surface area contributed by atoms with E-state index in [-0.39, 0.29) is 0 Å². The predicted octanol–water partition coefficient (Wildman–Crippen LogP) is 1.46. The van der Waals surface area contributed by atoms with Crippen molar-refractivity contribution in [2.45, 2.75) is 20.0 Å². The van der Waals surface area contributed by atoms with Gasteiger partial charge in [-0.1, -0.05) is 11.6 Å². The Balaban J connectivity index is 1.90. The molecule has 0 amide bonds. The summed E-state index contributed by atoms with van der Waals surface area (Å²) in [6, 6.07) is 1.89. The van der Waals surface area contributed by atoms with Gasteiger partial charge in [-0.15, -0.1) is 0 Å². The van der Waals surface area contributed by atoms with E-state index in [4.69, 9.17) is 11.6 Å². The molecule has 0 aromatic carbocycles. The molecule has 0 radical (unpaired) electrons. The minimum Gasteiger partial charge on any atom is -0.321 e. The van der Waals surface area contributed by atoms with Gasteiger partial charge in [0, 0.05) is 19.8 Å². The Kier molecular flexibility index (Phi) is 3.71. The third kappa shape index (κ3) is 3.01. The Morgan fingerprint density at radius 1 is 1.35 bits per heavy atom. The van der Waals surface area contributed by atoms with Crippen molar-refractivity contribution in [3.63, 3.8) is 0 Å². The summed E-state index contributed by atoms with van der Waals surface area (Å²) in [5.74, 6) is 1.69. The number of halogens is 1. The Hall–Kier alpha value is -1.46. The molecule has 17 heavy (non-hydrogen) atoms. The van der Waals surface area contributed by atoms with Gasteiger partial charge in [-0.25, -0.2) is 15.0 Å². The Labute approximate surface area is 105 Å². The van der Waals surface area contributed by atoms with Gasteiger partial charge in [-0.2, -0.15) is 0 Å². The van der Waals surface area contributed by atoms with Crippen molar-refractivity contribution in [1.29, 1.82) is 0 Å². The molecular formula is C11H14ClN5. The third-order valence-electron chi connectivity index (χ3n) is 2.45. The number of aromatic nitrogens is 4. The molecule has 90 valence electrons. The van der Waals surface area contributed by atoms with Crippen molar-refractivity contribution in [1.82, 2.24) is 24.8 Å². The molecule has 0 saturated carbocycles. The molecule has 1 N–H and O–H groups in total. The highest BCUT2D eigenvalue weighted by Gasteiger charge is 2.03. The lowest BCUT2D eigenvalue weighted by molar-refractivity contribution is 0.628. The second-order valence-corrected chi connectivity index (χ2v) is 4.14. The molecule has 2 rings (SSSR count). The molecule has 0 bridgehead atoms. The van der Waals surface area contributed by atoms with Gasteiger partial charge in [-0.3, -0.25) is 0 Å². The summed E-state index contributed by atoms with van der Waals surface area (Å²) in [7, 11) is 1.89. The molecular weight excluding hydrogens is 238 g/mol. The Bertz CT molecular complexity index is 508. The largest absolute Gasteiger partial charge is 0.321 e. The first-order valence-corrected chi connectivity index (χ1v) is 5.70. The van der Waals surface area contributed by atoms with E-state index in [2.05, 4.69) is 20.3 Å². The van der Waals surface area contributed by atoms with Crippen molar-refractivity contribution >= 4 is 11.6 Å². The number of nitrogens with zero attached hydrogens (tertiary/aromatic N) is 4. The molecule has 0 spiro atoms. The third-order valence-corrected chi connectivity index (χ3v) is 2.80. The van der Waals surface area contributed by atoms with E-state index in [9.17, 15) is 0 Å². The molecule has 0 saturated heterocycles. The van der Waals surface area contributed by atoms with Crippen LogP contribution in [0.5, 0.6) is 0 Å². The van der Waals surface area contributed by atoms with Crippen LogP contribution in [0.25, 0.3) is 0 Å². The predicted molar refractivity (Wildman–Crippen MR) is 65.5 cm³/mol. The van der Waals surface area contributed by atoms with E-state index < -0.39 is 0 Å². The van der Waals surface area contributed by atoms with Gasteiger partial charge in [0.15, 0.2) is 0 Å². The standard InChI is InChI=1S/C11H14ClN5/c1-8-14-4-3-9(16-8)5-13-7-11-15-6-10(12)17(11)2/h3-4,6,13H,5,7H2,1-2H3. The fourth-order valence-corrected chi connectivity index (χ4v) is 1.64. The Morgan fingerprint density at radius 3 is 2.82 bits per heavy atom. The highest BCUT2D eigenvalue weighted by molar-refractivity contribution is 6.29. The zero-order valence-corrected chi connectivity index (χ0v) is 10.6. The monoisotopic (exact) mass is 251 g/mol. The van der Waals surface area contributed by atoms with E-state index in [1.54, 1.807) is 12.4 Å². The maximum atomic E-state index is 5.90. The summed E-state index contributed by atoms with van der Waals surface area (Å²) >= 11 is 5.90. The van der Waals surface area contributed by atoms with Crippen LogP contribution in [0, 0.1) is 6.92 Å². The number of imidazole rings is 1. The average molecular weight is 252 g/mol. The molecule has 5 nitrogen and oxygen atoms in total. The zero-order valence-electron chi connectivity index (χ0n) is 9.81. The molecule has 0 unspecified atom stereocenters. The number of nitrogens with one attached hydrogen (secondary N) is 1. The maximum absolute atomic E-state index is 5.90. The summed E-state index contributed by atoms with van der Waals surface area (Å²) < 4.78 is 1.85. The fraction of sp³-hybridized carbons (Fsp3) is 0.364. The lowest BCUT2D eigenvalue weighted by Crippen LogP contribution is -2.16. The number of hydrogen-bond acceptors (Lipinski definition) is 4. The van der Waals surface area contributed by atoms with Gasteiger partial charge in [-0.05, 0) is 13.0 Å². The molecule has 6 heteroatoms. The average Bonchev–Trinajstić information content (AvgIpc) is 2.61. The van der Waals surface area contributed by atoms with E-state index in [1.165, 1.54) is 0 Å². The summed E-state index contributed by atoms with van der Waals surface area (Å²) in [6.45, 7) is 3.22. The normalized spacial score (nSPS) is 10.8. The second kappa shape index (κ2) is 5.25. The topological polar surface area (TPSA) is 55.6 Å². The minimum atomic E-state index is 0.639. The lowest BCUT2D eigenvalue weighted by Gasteiger charge is -2.05. The molecule has 0 aliphatic heterocycles. The first kappa shape index (κ1) is 12.0. The molecule has 0 aliphatic rings. The lowest BCUT2D eigenvalue weighted by atomic mass is 10.4. The molecule has 0 atom stereocenters. The van der Waals surface area contributed by atoms with Crippen LogP contribution in [-0.2, 0) is 20.1 Å². The van der Waals surface area contributed by atoms with Crippen LogP contribution in [0.3, 0.4) is 0 Å². The first-order chi connectivity index (χ1) is 8.16. The molecule has 2 aromatic rings. The van der Waals surface area contributed by atoms with Crippen LogP contribution in [0.15, 0.2) is 18.5 Å². The van der Waals surface area contributed by atoms with Crippen LogP contribution < -0.4 is 5.32 Å². The Morgan fingerprint density at radius 2 is 2.18 bits per heavy atom. The van der Waals surface area contributed by atoms with Gasteiger partial charge in [0.25, 0.3) is 0 Å². The highest BCUT2D eigenvalue weighted by atomic mass is 35.5. The van der Waals surface area contributed by atoms with Crippen molar-refractivity contribution in [2.24, 2.45) is 7.05 Å². The van der Waals surface area contributed by atoms with E-state index >= 15 is 0 Å². The summed E-state index contributed by atoms with van der Waals surface area (Å²) in [5, 5.41) is 3.91. The van der Waals surface area contributed by atoms with Crippen LogP contribution in [-0.4, -0.2) is 19.5 Å². The summed E-state index contributed by atoms with van der Waals surface area (Å²) in [4.78, 5) is 12.6. The number of rotatable bonds is 4. The molecule has 0 aliphatic carbocycles. The van der Waals surface area contributed by atoms with Gasteiger partial charge < -0.3 is 9.88 Å². The minimum absolute atomic E-state index is 0.639. The van der Waals surface area contributed by atoms with Gasteiger partial charge in [0.1, 0.15) is 16.8 Å². The van der Waals surface area contributed by atoms with Crippen LogP contribution >= 0.6 is 11.6 Å². The SMILES string of the molecule is Cc1nccc(CNCc2ncc(Cl)n2C)n1. The van der Waals surface area contributed by atoms with E-state index in [0.717, 1.165) is 17.3 Å². The summed E-state index contributed by atoms with van der Waals surface area (Å²) in [5.41, 5.74) is 0.970. The van der Waals surface area contributed by atoms with Crippen molar-refractivity contribution in [3.8, 4) is 0 Å². The quantitative estimate of drug-likeness (QED) is 0.894. The van der Waals surface area contributed by atoms with E-state index in [1.807, 2.05) is 24.6 Å². The highest BCUT2D eigenvalue weighted by Crippen LogP contribution is 2.08. The smallest absolute Gasteiger partial charge is 0.128 e. The second-order valence-electron chi connectivity index (χ2n) is 3.75. The van der Waals surface area contributed by atoms with Crippen LogP contribution in [0.2, 0.25) is 5.15 Å². The van der Waals surface area contributed by atoms with Gasteiger partial charge >= 0.3 is 0 Å². The number of aryl methyl sites for hydroxylation is 1. The fourth-order valence-electron chi connectivity index (χ4n) is 1.49. The van der Waals surface area contributed by atoms with Crippen LogP contribution in [0.4, 0.5) is 0 Å². The zero-order chi connectivity index (χ0) is 12.3. The van der Waals surface area contributed by atoms with Gasteiger partial charge in [0.2, 0.25) is 0 Å². The van der Waals surface area contributed by atoms with Crippen molar-refractivity contribution in [3.05, 3.63) is 41.0 Å². The van der Waals surface area contributed by atoms with E-state index in [0.29, 0.717) is 18.2 Å². The number of hydrogen-bond donors (Lipinski definition) is 1. The molecule has 0 fully saturated rings. The molecule has 2 heterocycles. The molecule has 2 aromatic heterocycles. The summed E-state index contributed by atoms with van der Waals surface area (Å²) in [6.07, 6.45) is 3.41. The van der Waals surface area contributed by atoms with Crippen LogP contribution in [0.1, 0.15) is 17.3 Å².